The molecule has 0 aliphatic rings. The summed E-state index contributed by atoms with van der Waals surface area (Å²) >= 11 is 0. The van der Waals surface area contributed by atoms with E-state index in [1.54, 1.807) is 6.92 Å². The number of alkyl halides is 2. The molecule has 0 saturated heterocycles. The van der Waals surface area contributed by atoms with E-state index >= 15 is 0 Å². The summed E-state index contributed by atoms with van der Waals surface area (Å²) < 4.78 is 27.3. The molecule has 0 fully saturated rings. The molecule has 0 aromatic carbocycles. The van der Waals surface area contributed by atoms with E-state index in [1.807, 2.05) is 13.8 Å². The van der Waals surface area contributed by atoms with Gasteiger partial charge in [-0.25, -0.2) is 0 Å². The molecular formula is C7H14F2O. The molecule has 3 heteroatoms. The quantitative estimate of drug-likeness (QED) is 0.601. The molecule has 1 nitrogen and oxygen atoms in total. The highest BCUT2D eigenvalue weighted by molar-refractivity contribution is 4.52. The maximum atomic E-state index is 11.5. The SMILES string of the molecule is CC(C)CC(C)OC(F)F. The maximum absolute atomic E-state index is 11.5. The smallest absolute Gasteiger partial charge is 0.320 e. The molecular weight excluding hydrogens is 138 g/mol. The molecule has 0 N–H and O–H groups in total. The molecule has 0 aliphatic carbocycles. The molecule has 0 amide bonds. The lowest BCUT2D eigenvalue weighted by molar-refractivity contribution is -0.161. The third-order valence-corrected chi connectivity index (χ3v) is 1.14. The molecule has 0 heterocycles. The van der Waals surface area contributed by atoms with Crippen molar-refractivity contribution in [2.75, 3.05) is 0 Å². The van der Waals surface area contributed by atoms with Crippen molar-refractivity contribution in [3.05, 3.63) is 0 Å². The molecule has 0 bridgehead atoms. The van der Waals surface area contributed by atoms with Crippen LogP contribution in [0.2, 0.25) is 0 Å². The molecule has 0 radical (unpaired) electrons. The Morgan fingerprint density at radius 2 is 1.70 bits per heavy atom. The van der Waals surface area contributed by atoms with Gasteiger partial charge >= 0.3 is 6.61 Å². The third kappa shape index (κ3) is 5.95. The molecule has 0 saturated carbocycles. The average molecular weight is 152 g/mol. The average Bonchev–Trinajstić information content (AvgIpc) is 1.58. The van der Waals surface area contributed by atoms with Crippen LogP contribution < -0.4 is 0 Å². The summed E-state index contributed by atoms with van der Waals surface area (Å²) in [6, 6.07) is 0. The Balaban J connectivity index is 3.34. The number of hydrogen-bond donors (Lipinski definition) is 0. The van der Waals surface area contributed by atoms with Crippen molar-refractivity contribution in [2.45, 2.75) is 39.9 Å². The Labute approximate surface area is 60.4 Å². The van der Waals surface area contributed by atoms with Gasteiger partial charge in [0.25, 0.3) is 0 Å². The first-order valence-corrected chi connectivity index (χ1v) is 3.46. The van der Waals surface area contributed by atoms with Gasteiger partial charge in [-0.05, 0) is 19.3 Å². The van der Waals surface area contributed by atoms with Crippen molar-refractivity contribution in [1.29, 1.82) is 0 Å². The largest absolute Gasteiger partial charge is 0.345 e. The Morgan fingerprint density at radius 1 is 1.20 bits per heavy atom. The third-order valence-electron chi connectivity index (χ3n) is 1.14. The van der Waals surface area contributed by atoms with Crippen LogP contribution in [0.4, 0.5) is 8.78 Å². The fourth-order valence-electron chi connectivity index (χ4n) is 0.895. The van der Waals surface area contributed by atoms with E-state index in [-0.39, 0.29) is 6.10 Å². The zero-order valence-corrected chi connectivity index (χ0v) is 6.60. The number of hydrogen-bond acceptors (Lipinski definition) is 1. The van der Waals surface area contributed by atoms with Crippen LogP contribution in [0.25, 0.3) is 0 Å². The molecule has 0 aromatic heterocycles. The van der Waals surface area contributed by atoms with Crippen LogP contribution in [0.1, 0.15) is 27.2 Å². The molecule has 0 spiro atoms. The van der Waals surface area contributed by atoms with Crippen molar-refractivity contribution in [3.63, 3.8) is 0 Å². The molecule has 0 rings (SSSR count). The normalized spacial score (nSPS) is 14.7. The minimum absolute atomic E-state index is 0.333. The molecule has 62 valence electrons. The lowest BCUT2D eigenvalue weighted by Crippen LogP contribution is -2.14. The fraction of sp³-hybridized carbons (Fsp3) is 1.00. The van der Waals surface area contributed by atoms with E-state index in [1.165, 1.54) is 0 Å². The highest BCUT2D eigenvalue weighted by Crippen LogP contribution is 2.10. The summed E-state index contributed by atoms with van der Waals surface area (Å²) in [4.78, 5) is 0. The molecule has 1 atom stereocenters. The first-order chi connectivity index (χ1) is 4.52. The van der Waals surface area contributed by atoms with Crippen molar-refractivity contribution in [1.82, 2.24) is 0 Å². The van der Waals surface area contributed by atoms with Crippen LogP contribution in [0, 0.1) is 5.92 Å². The number of ether oxygens (including phenoxy) is 1. The van der Waals surface area contributed by atoms with Crippen LogP contribution in [0.5, 0.6) is 0 Å². The number of halogens is 2. The first kappa shape index (κ1) is 9.82. The predicted molar refractivity (Wildman–Crippen MR) is 36.0 cm³/mol. The van der Waals surface area contributed by atoms with Gasteiger partial charge < -0.3 is 4.74 Å². The predicted octanol–water partition coefficient (Wildman–Crippen LogP) is 2.66. The minimum Gasteiger partial charge on any atom is -0.320 e. The van der Waals surface area contributed by atoms with E-state index in [2.05, 4.69) is 4.74 Å². The second kappa shape index (κ2) is 4.61. The van der Waals surface area contributed by atoms with Crippen molar-refractivity contribution in [2.24, 2.45) is 5.92 Å². The van der Waals surface area contributed by atoms with Gasteiger partial charge in [0.2, 0.25) is 0 Å². The monoisotopic (exact) mass is 152 g/mol. The van der Waals surface area contributed by atoms with E-state index in [0.29, 0.717) is 12.3 Å². The lowest BCUT2D eigenvalue weighted by Gasteiger charge is -2.13. The molecule has 1 unspecified atom stereocenters. The van der Waals surface area contributed by atoms with E-state index < -0.39 is 6.61 Å². The van der Waals surface area contributed by atoms with Crippen LogP contribution in [0.15, 0.2) is 0 Å². The number of rotatable bonds is 4. The Bertz CT molecular complexity index is 73.7. The first-order valence-electron chi connectivity index (χ1n) is 3.46. The van der Waals surface area contributed by atoms with E-state index in [0.717, 1.165) is 0 Å². The summed E-state index contributed by atoms with van der Waals surface area (Å²) in [5, 5.41) is 0. The van der Waals surface area contributed by atoms with Gasteiger partial charge in [0.15, 0.2) is 0 Å². The lowest BCUT2D eigenvalue weighted by atomic mass is 10.1. The van der Waals surface area contributed by atoms with Crippen LogP contribution in [-0.2, 0) is 4.74 Å². The Kier molecular flexibility index (Phi) is 4.52. The summed E-state index contributed by atoms with van der Waals surface area (Å²) in [5.41, 5.74) is 0. The Hall–Kier alpha value is -0.180. The zero-order valence-electron chi connectivity index (χ0n) is 6.60. The van der Waals surface area contributed by atoms with Gasteiger partial charge in [0.05, 0.1) is 6.10 Å². The summed E-state index contributed by atoms with van der Waals surface area (Å²) in [6.45, 7) is 2.98. The maximum Gasteiger partial charge on any atom is 0.345 e. The van der Waals surface area contributed by atoms with Gasteiger partial charge in [-0.1, -0.05) is 13.8 Å². The van der Waals surface area contributed by atoms with Gasteiger partial charge in [-0.2, -0.15) is 8.78 Å². The second-order valence-corrected chi connectivity index (χ2v) is 2.84. The second-order valence-electron chi connectivity index (χ2n) is 2.84. The van der Waals surface area contributed by atoms with E-state index in [4.69, 9.17) is 0 Å². The van der Waals surface area contributed by atoms with Gasteiger partial charge in [-0.3, -0.25) is 0 Å². The highest BCUT2D eigenvalue weighted by Gasteiger charge is 2.10. The molecule has 0 aromatic rings. The van der Waals surface area contributed by atoms with Crippen LogP contribution >= 0.6 is 0 Å². The van der Waals surface area contributed by atoms with Crippen molar-refractivity contribution in [3.8, 4) is 0 Å². The highest BCUT2D eigenvalue weighted by atomic mass is 19.3. The Morgan fingerprint density at radius 3 is 2.00 bits per heavy atom. The van der Waals surface area contributed by atoms with Crippen molar-refractivity contribution < 1.29 is 13.5 Å². The summed E-state index contributed by atoms with van der Waals surface area (Å²) in [5.74, 6) is 0.411. The van der Waals surface area contributed by atoms with Crippen LogP contribution in [0.3, 0.4) is 0 Å². The van der Waals surface area contributed by atoms with Crippen molar-refractivity contribution >= 4 is 0 Å². The standard InChI is InChI=1S/C7H14F2O/c1-5(2)4-6(3)10-7(8)9/h5-7H,4H2,1-3H3. The zero-order chi connectivity index (χ0) is 8.15. The summed E-state index contributed by atoms with van der Waals surface area (Å²) in [6.07, 6.45) is 0.352. The van der Waals surface area contributed by atoms with Gasteiger partial charge in [0.1, 0.15) is 0 Å². The van der Waals surface area contributed by atoms with Gasteiger partial charge in [0, 0.05) is 0 Å². The van der Waals surface area contributed by atoms with Crippen LogP contribution in [-0.4, -0.2) is 12.7 Å². The van der Waals surface area contributed by atoms with E-state index in [9.17, 15) is 8.78 Å². The van der Waals surface area contributed by atoms with Gasteiger partial charge in [-0.15, -0.1) is 0 Å². The summed E-state index contributed by atoms with van der Waals surface area (Å²) in [7, 11) is 0. The molecule has 0 aliphatic heterocycles. The fourth-order valence-corrected chi connectivity index (χ4v) is 0.895. The topological polar surface area (TPSA) is 9.23 Å². The molecule has 10 heavy (non-hydrogen) atoms. The minimum atomic E-state index is -2.63.